The Morgan fingerprint density at radius 1 is 1.22 bits per heavy atom. The lowest BCUT2D eigenvalue weighted by atomic mass is 10.0. The number of carboxylic acid groups (broad SMARTS) is 1. The number of aldehydes is 1. The highest BCUT2D eigenvalue weighted by Crippen LogP contribution is 2.02. The van der Waals surface area contributed by atoms with Crippen LogP contribution in [0.1, 0.15) is 6.92 Å². The van der Waals surface area contributed by atoms with E-state index < -0.39 is 37.0 Å². The number of hydrogen-bond donors (Lipinski definition) is 6. The molecule has 0 unspecified atom stereocenters. The van der Waals surface area contributed by atoms with Gasteiger partial charge in [0.15, 0.2) is 6.29 Å². The van der Waals surface area contributed by atoms with Crippen molar-refractivity contribution in [1.82, 2.24) is 0 Å². The third kappa shape index (κ3) is 7.87. The Morgan fingerprint density at radius 3 is 1.83 bits per heavy atom. The summed E-state index contributed by atoms with van der Waals surface area (Å²) >= 11 is 0. The van der Waals surface area contributed by atoms with Crippen LogP contribution in [0.15, 0.2) is 12.2 Å². The lowest BCUT2D eigenvalue weighted by Gasteiger charge is -2.22. The summed E-state index contributed by atoms with van der Waals surface area (Å²) in [5, 5.41) is 51.4. The second kappa shape index (κ2) is 9.68. The molecule has 0 aromatic heterocycles. The van der Waals surface area contributed by atoms with Crippen molar-refractivity contribution in [2.24, 2.45) is 0 Å². The molecule has 0 amide bonds. The maximum absolute atomic E-state index is 9.90. The number of carbonyl (C=O) groups excluding carboxylic acids is 1. The second-order valence-electron chi connectivity index (χ2n) is 3.44. The van der Waals surface area contributed by atoms with Crippen molar-refractivity contribution >= 4 is 12.3 Å². The summed E-state index contributed by atoms with van der Waals surface area (Å²) in [5.74, 6) is -0.935. The van der Waals surface area contributed by atoms with E-state index in [0.717, 1.165) is 0 Å². The molecule has 0 rings (SSSR count). The zero-order valence-corrected chi connectivity index (χ0v) is 9.80. The highest BCUT2D eigenvalue weighted by molar-refractivity contribution is 5.84. The van der Waals surface area contributed by atoms with Crippen molar-refractivity contribution in [2.45, 2.75) is 31.3 Å². The minimum absolute atomic E-state index is 0.0258. The van der Waals surface area contributed by atoms with E-state index in [-0.39, 0.29) is 11.9 Å². The molecule has 0 aliphatic carbocycles. The van der Waals surface area contributed by atoms with Gasteiger partial charge < -0.3 is 35.4 Å². The molecule has 8 nitrogen and oxygen atoms in total. The van der Waals surface area contributed by atoms with E-state index in [1.165, 1.54) is 6.92 Å². The number of aliphatic carboxylic acids is 1. The number of aliphatic hydroxyl groups excluding tert-OH is 5. The number of rotatable bonds is 6. The van der Waals surface area contributed by atoms with E-state index in [0.29, 0.717) is 0 Å². The van der Waals surface area contributed by atoms with Gasteiger partial charge in [0, 0.05) is 5.57 Å². The van der Waals surface area contributed by atoms with E-state index in [1.807, 2.05) is 0 Å². The van der Waals surface area contributed by atoms with E-state index in [1.54, 1.807) is 0 Å². The summed E-state index contributed by atoms with van der Waals surface area (Å²) in [6.07, 6.45) is -6.84. The molecule has 0 saturated carbocycles. The van der Waals surface area contributed by atoms with Crippen LogP contribution in [-0.2, 0) is 9.59 Å². The van der Waals surface area contributed by atoms with Gasteiger partial charge in [-0.05, 0) is 6.92 Å². The molecule has 0 bridgehead atoms. The molecule has 0 aromatic carbocycles. The van der Waals surface area contributed by atoms with E-state index in [9.17, 15) is 9.59 Å². The molecule has 6 N–H and O–H groups in total. The fourth-order valence-corrected chi connectivity index (χ4v) is 0.618. The van der Waals surface area contributed by atoms with Crippen LogP contribution in [0.25, 0.3) is 0 Å². The highest BCUT2D eigenvalue weighted by Gasteiger charge is 2.29. The summed E-state index contributed by atoms with van der Waals surface area (Å²) in [5.41, 5.74) is 0.176. The fourth-order valence-electron chi connectivity index (χ4n) is 0.618. The van der Waals surface area contributed by atoms with Gasteiger partial charge in [-0.2, -0.15) is 0 Å². The maximum atomic E-state index is 9.90. The molecule has 8 heteroatoms. The summed E-state index contributed by atoms with van der Waals surface area (Å²) in [6.45, 7) is 3.84. The van der Waals surface area contributed by atoms with Gasteiger partial charge in [-0.1, -0.05) is 6.58 Å². The first-order valence-electron chi connectivity index (χ1n) is 4.86. The first-order chi connectivity index (χ1) is 8.18. The number of hydrogen-bond acceptors (Lipinski definition) is 7. The van der Waals surface area contributed by atoms with Gasteiger partial charge in [0.2, 0.25) is 0 Å². The van der Waals surface area contributed by atoms with Crippen LogP contribution in [0, 0.1) is 0 Å². The number of carbonyl (C=O) groups is 2. The minimum Gasteiger partial charge on any atom is -0.478 e. The Morgan fingerprint density at radius 2 is 1.61 bits per heavy atom. The Bertz CT molecular complexity index is 265. The van der Waals surface area contributed by atoms with Crippen LogP contribution >= 0.6 is 0 Å². The largest absolute Gasteiger partial charge is 0.478 e. The molecule has 0 aromatic rings. The van der Waals surface area contributed by atoms with Crippen molar-refractivity contribution < 1.29 is 40.2 Å². The van der Waals surface area contributed by atoms with Crippen LogP contribution in [-0.4, -0.2) is 73.9 Å². The van der Waals surface area contributed by atoms with Crippen LogP contribution < -0.4 is 0 Å². The molecule has 4 atom stereocenters. The van der Waals surface area contributed by atoms with Crippen LogP contribution in [0.5, 0.6) is 0 Å². The zero-order valence-electron chi connectivity index (χ0n) is 9.80. The van der Waals surface area contributed by atoms with Crippen molar-refractivity contribution in [3.8, 4) is 0 Å². The molecule has 0 fully saturated rings. The van der Waals surface area contributed by atoms with Gasteiger partial charge >= 0.3 is 5.97 Å². The van der Waals surface area contributed by atoms with Crippen LogP contribution in [0.3, 0.4) is 0 Å². The Hall–Kier alpha value is -1.32. The molecule has 106 valence electrons. The quantitative estimate of drug-likeness (QED) is 0.223. The normalized spacial score (nSPS) is 16.6. The topological polar surface area (TPSA) is 156 Å². The predicted molar refractivity (Wildman–Crippen MR) is 59.6 cm³/mol. The summed E-state index contributed by atoms with van der Waals surface area (Å²) in [7, 11) is 0. The molecular formula is C10H18O8. The van der Waals surface area contributed by atoms with E-state index in [2.05, 4.69) is 6.58 Å². The summed E-state index contributed by atoms with van der Waals surface area (Å²) in [6, 6.07) is 0. The maximum Gasteiger partial charge on any atom is 0.330 e. The lowest BCUT2D eigenvalue weighted by molar-refractivity contribution is -0.136. The number of aliphatic hydroxyl groups is 5. The fraction of sp³-hybridized carbons (Fsp3) is 0.600. The van der Waals surface area contributed by atoms with Crippen molar-refractivity contribution in [3.63, 3.8) is 0 Å². The molecular weight excluding hydrogens is 248 g/mol. The Labute approximate surface area is 103 Å². The SMILES string of the molecule is C=C(C)C(=O)O.O=C[C@@H](O)[C@@H](O)[C@H](O)[C@H](O)CO. The Kier molecular flexibility index (Phi) is 10.2. The average Bonchev–Trinajstić information content (AvgIpc) is 2.35. The van der Waals surface area contributed by atoms with Gasteiger partial charge in [-0.3, -0.25) is 0 Å². The highest BCUT2D eigenvalue weighted by atomic mass is 16.4. The first-order valence-corrected chi connectivity index (χ1v) is 4.86. The molecule has 0 aliphatic heterocycles. The van der Waals surface area contributed by atoms with Crippen LogP contribution in [0.4, 0.5) is 0 Å². The first kappa shape index (κ1) is 19.0. The molecule has 0 radical (unpaired) electrons. The van der Waals surface area contributed by atoms with E-state index >= 15 is 0 Å². The monoisotopic (exact) mass is 266 g/mol. The lowest BCUT2D eigenvalue weighted by Crippen LogP contribution is -2.46. The molecule has 18 heavy (non-hydrogen) atoms. The van der Waals surface area contributed by atoms with Crippen molar-refractivity contribution in [3.05, 3.63) is 12.2 Å². The third-order valence-corrected chi connectivity index (χ3v) is 1.79. The third-order valence-electron chi connectivity index (χ3n) is 1.79. The van der Waals surface area contributed by atoms with Crippen LogP contribution in [0.2, 0.25) is 0 Å². The summed E-state index contributed by atoms with van der Waals surface area (Å²) < 4.78 is 0. The summed E-state index contributed by atoms with van der Waals surface area (Å²) in [4.78, 5) is 19.5. The predicted octanol–water partition coefficient (Wildman–Crippen LogP) is -2.73. The standard InChI is InChI=1S/C6H12O6.C4H6O2/c7-1-3(9)5(11)6(12)4(10)2-8;1-3(2)4(5)6/h1,3-6,8-12H,2H2;1H2,2H3,(H,5,6)/t3-,4-,5-,6-;/m1./s1. The molecule has 0 spiro atoms. The zero-order chi connectivity index (χ0) is 14.9. The Balaban J connectivity index is 0. The van der Waals surface area contributed by atoms with Gasteiger partial charge in [0.25, 0.3) is 0 Å². The average molecular weight is 266 g/mol. The van der Waals surface area contributed by atoms with Crippen molar-refractivity contribution in [2.75, 3.05) is 6.61 Å². The number of carboxylic acids is 1. The van der Waals surface area contributed by atoms with Gasteiger partial charge in [0.1, 0.15) is 24.4 Å². The molecule has 0 saturated heterocycles. The smallest absolute Gasteiger partial charge is 0.330 e. The van der Waals surface area contributed by atoms with Crippen molar-refractivity contribution in [1.29, 1.82) is 0 Å². The van der Waals surface area contributed by atoms with Gasteiger partial charge in [-0.25, -0.2) is 4.79 Å². The van der Waals surface area contributed by atoms with E-state index in [4.69, 9.17) is 30.6 Å². The van der Waals surface area contributed by atoms with Gasteiger partial charge in [0.05, 0.1) is 6.61 Å². The van der Waals surface area contributed by atoms with Gasteiger partial charge in [-0.15, -0.1) is 0 Å². The molecule has 0 heterocycles. The molecule has 0 aliphatic rings. The second-order valence-corrected chi connectivity index (χ2v) is 3.44. The minimum atomic E-state index is -1.79.